The summed E-state index contributed by atoms with van der Waals surface area (Å²) < 4.78 is 26.6. The predicted molar refractivity (Wildman–Crippen MR) is 13.9 cm³/mol. The van der Waals surface area contributed by atoms with Gasteiger partial charge in [-0.3, -0.25) is 0 Å². The van der Waals surface area contributed by atoms with Crippen LogP contribution in [0.15, 0.2) is 0 Å². The van der Waals surface area contributed by atoms with E-state index < -0.39 is 10.3 Å². The Morgan fingerprint density at radius 2 is 1.50 bits per heavy atom. The second-order valence-corrected chi connectivity index (χ2v) is 1.48. The predicted octanol–water partition coefficient (Wildman–Crippen LogP) is -1.60. The third-order valence-corrected chi connectivity index (χ3v) is 0. The fourth-order valence-electron chi connectivity index (χ4n) is 0. The van der Waals surface area contributed by atoms with Crippen LogP contribution in [0, 0.1) is 0 Å². The van der Waals surface area contributed by atoms with Gasteiger partial charge in [-0.25, -0.2) is 13.6 Å². The molecule has 0 saturated heterocycles. The van der Waals surface area contributed by atoms with Crippen molar-refractivity contribution in [1.29, 1.82) is 0 Å². The maximum atomic E-state index is 8.85. The molecule has 0 atom stereocenters. The second kappa shape index (κ2) is 2.53. The van der Waals surface area contributed by atoms with Crippen molar-refractivity contribution < 1.29 is 29.7 Å². The monoisotopic (exact) mass is 155 g/mol. The van der Waals surface area contributed by atoms with Gasteiger partial charge in [-0.05, 0) is 0 Å². The average molecular weight is 155 g/mol. The summed E-state index contributed by atoms with van der Waals surface area (Å²) in [4.78, 5) is 0. The molecule has 0 unspecified atom stereocenters. The van der Waals surface area contributed by atoms with Crippen molar-refractivity contribution in [2.24, 2.45) is 5.14 Å². The standard InChI is InChI=1S/Co.H3NO3S/c;1-5(2,3)4/h;(H3,1,2,3,4)/q+2;/p-1. The summed E-state index contributed by atoms with van der Waals surface area (Å²) in [5, 5.41) is 3.77. The van der Waals surface area contributed by atoms with Gasteiger partial charge in [-0.1, -0.05) is 0 Å². The van der Waals surface area contributed by atoms with Crippen molar-refractivity contribution in [3.05, 3.63) is 0 Å². The Kier molecular flexibility index (Phi) is 4.06. The van der Waals surface area contributed by atoms with Crippen LogP contribution in [0.5, 0.6) is 0 Å². The molecule has 0 aliphatic heterocycles. The minimum absolute atomic E-state index is 0. The first-order valence-electron chi connectivity index (χ1n) is 0.736. The molecule has 0 aliphatic carbocycles. The van der Waals surface area contributed by atoms with Crippen LogP contribution in [0.25, 0.3) is 0 Å². The van der Waals surface area contributed by atoms with Crippen molar-refractivity contribution in [2.45, 2.75) is 0 Å². The summed E-state index contributed by atoms with van der Waals surface area (Å²) in [5.74, 6) is 0. The average Bonchev–Trinajstić information content (AvgIpc) is 0.722. The minimum atomic E-state index is -4.42. The van der Waals surface area contributed by atoms with Crippen LogP contribution < -0.4 is 5.14 Å². The summed E-state index contributed by atoms with van der Waals surface area (Å²) >= 11 is 0. The van der Waals surface area contributed by atoms with Crippen LogP contribution in [-0.4, -0.2) is 13.0 Å². The molecular formula is H2CoNO3S+. The molecule has 39 valence electrons. The van der Waals surface area contributed by atoms with Crippen LogP contribution in [0.2, 0.25) is 0 Å². The Morgan fingerprint density at radius 3 is 1.50 bits per heavy atom. The van der Waals surface area contributed by atoms with Crippen LogP contribution in [-0.2, 0) is 27.1 Å². The molecule has 0 amide bonds. The first-order valence-corrected chi connectivity index (χ1v) is 2.21. The Morgan fingerprint density at radius 1 is 1.50 bits per heavy atom. The number of nitrogens with two attached hydrogens (primary N) is 1. The summed E-state index contributed by atoms with van der Waals surface area (Å²) in [7, 11) is -4.42. The van der Waals surface area contributed by atoms with Crippen LogP contribution in [0.1, 0.15) is 0 Å². The molecule has 2 N–H and O–H groups in total. The molecule has 6 heteroatoms. The third kappa shape index (κ3) is 352. The third-order valence-electron chi connectivity index (χ3n) is 0. The molecule has 0 saturated carbocycles. The van der Waals surface area contributed by atoms with Gasteiger partial charge in [0.05, 0.1) is 0 Å². The van der Waals surface area contributed by atoms with E-state index >= 15 is 0 Å². The van der Waals surface area contributed by atoms with Gasteiger partial charge in [0.25, 0.3) is 0 Å². The zero-order valence-corrected chi connectivity index (χ0v) is 4.40. The van der Waals surface area contributed by atoms with E-state index in [-0.39, 0.29) is 16.8 Å². The Labute approximate surface area is 45.8 Å². The van der Waals surface area contributed by atoms with E-state index in [1.54, 1.807) is 0 Å². The number of hydrogen-bond donors (Lipinski definition) is 1. The quantitative estimate of drug-likeness (QED) is 0.427. The fourth-order valence-corrected chi connectivity index (χ4v) is 0. The summed E-state index contributed by atoms with van der Waals surface area (Å²) in [6.45, 7) is 0. The van der Waals surface area contributed by atoms with Gasteiger partial charge in [-0.15, -0.1) is 0 Å². The van der Waals surface area contributed by atoms with Crippen LogP contribution >= 0.6 is 0 Å². The molecule has 0 aromatic rings. The summed E-state index contributed by atoms with van der Waals surface area (Å²) in [6, 6.07) is 0. The van der Waals surface area contributed by atoms with Gasteiger partial charge in [0, 0.05) is 0 Å². The van der Waals surface area contributed by atoms with Gasteiger partial charge >= 0.3 is 16.8 Å². The van der Waals surface area contributed by atoms with Gasteiger partial charge in [0.15, 0.2) is 10.3 Å². The molecule has 0 spiro atoms. The molecule has 0 aromatic carbocycles. The molecule has 0 rings (SSSR count). The van der Waals surface area contributed by atoms with Gasteiger partial charge < -0.3 is 4.55 Å². The Balaban J connectivity index is 0. The maximum Gasteiger partial charge on any atom is 2.00 e. The maximum absolute atomic E-state index is 8.85. The summed E-state index contributed by atoms with van der Waals surface area (Å²) in [5.41, 5.74) is 0. The van der Waals surface area contributed by atoms with Crippen molar-refractivity contribution in [1.82, 2.24) is 0 Å². The van der Waals surface area contributed by atoms with Crippen molar-refractivity contribution in [3.8, 4) is 0 Å². The second-order valence-electron chi connectivity index (χ2n) is 0.493. The first-order chi connectivity index (χ1) is 2.00. The molecule has 6 heavy (non-hydrogen) atoms. The number of hydrogen-bond acceptors (Lipinski definition) is 3. The molecular weight excluding hydrogens is 153 g/mol. The zero-order chi connectivity index (χ0) is 4.50. The molecule has 4 nitrogen and oxygen atoms in total. The normalized spacial score (nSPS) is 9.67. The van der Waals surface area contributed by atoms with Crippen molar-refractivity contribution in [2.75, 3.05) is 0 Å². The zero-order valence-electron chi connectivity index (χ0n) is 2.54. The fraction of sp³-hybridized carbons (Fsp3) is 0. The largest absolute Gasteiger partial charge is 2.00 e. The molecule has 0 heterocycles. The van der Waals surface area contributed by atoms with E-state index in [4.69, 9.17) is 13.0 Å². The molecule has 1 radical (unpaired) electrons. The summed E-state index contributed by atoms with van der Waals surface area (Å²) in [6.07, 6.45) is 0. The van der Waals surface area contributed by atoms with E-state index in [1.165, 1.54) is 0 Å². The smallest absolute Gasteiger partial charge is 0.736 e. The van der Waals surface area contributed by atoms with Gasteiger partial charge in [0.2, 0.25) is 0 Å². The van der Waals surface area contributed by atoms with Crippen molar-refractivity contribution >= 4 is 10.3 Å². The Bertz CT molecular complexity index is 94.0. The van der Waals surface area contributed by atoms with E-state index in [0.29, 0.717) is 0 Å². The molecule has 0 fully saturated rings. The van der Waals surface area contributed by atoms with E-state index in [2.05, 4.69) is 5.14 Å². The SMILES string of the molecule is NS(=O)(=O)[O-].[Co+2]. The van der Waals surface area contributed by atoms with Gasteiger partial charge in [0.1, 0.15) is 0 Å². The minimum Gasteiger partial charge on any atom is -0.736 e. The topological polar surface area (TPSA) is 83.2 Å². The van der Waals surface area contributed by atoms with E-state index in [9.17, 15) is 0 Å². The number of rotatable bonds is 0. The molecule has 0 bridgehead atoms. The molecule has 0 aromatic heterocycles. The van der Waals surface area contributed by atoms with E-state index in [0.717, 1.165) is 0 Å². The van der Waals surface area contributed by atoms with E-state index in [1.807, 2.05) is 0 Å². The first kappa shape index (κ1) is 9.62. The van der Waals surface area contributed by atoms with Crippen LogP contribution in [0.3, 0.4) is 0 Å². The van der Waals surface area contributed by atoms with Gasteiger partial charge in [-0.2, -0.15) is 0 Å². The van der Waals surface area contributed by atoms with Crippen LogP contribution in [0.4, 0.5) is 0 Å². The Hall–Kier alpha value is 0.376. The van der Waals surface area contributed by atoms with Crippen molar-refractivity contribution in [3.63, 3.8) is 0 Å². The molecule has 0 aliphatic rings.